The first-order chi connectivity index (χ1) is 7.26. The lowest BCUT2D eigenvalue weighted by atomic mass is 9.78. The Labute approximate surface area is 87.8 Å². The maximum atomic E-state index is 11.4. The second-order valence-electron chi connectivity index (χ2n) is 3.48. The molecule has 3 heteroatoms. The van der Waals surface area contributed by atoms with Crippen molar-refractivity contribution in [3.05, 3.63) is 54.4 Å². The first-order valence-electron chi connectivity index (χ1n) is 4.75. The fraction of sp³-hybridized carbons (Fsp3) is 0.167. The van der Waals surface area contributed by atoms with Gasteiger partial charge in [-0.1, -0.05) is 30.4 Å². The number of carboxylic acid groups (broad SMARTS) is 1. The average Bonchev–Trinajstić information content (AvgIpc) is 2.31. The summed E-state index contributed by atoms with van der Waals surface area (Å²) in [4.78, 5) is 15.5. The van der Waals surface area contributed by atoms with Crippen LogP contribution in [0.25, 0.3) is 0 Å². The molecular weight excluding hydrogens is 190 g/mol. The molecule has 1 aliphatic rings. The molecule has 1 unspecified atom stereocenters. The normalized spacial score (nSPS) is 24.0. The molecule has 76 valence electrons. The summed E-state index contributed by atoms with van der Waals surface area (Å²) in [6, 6.07) is 5.33. The van der Waals surface area contributed by atoms with Crippen LogP contribution in [-0.4, -0.2) is 16.1 Å². The lowest BCUT2D eigenvalue weighted by Crippen LogP contribution is -2.35. The molecule has 0 saturated carbocycles. The highest BCUT2D eigenvalue weighted by Gasteiger charge is 2.38. The quantitative estimate of drug-likeness (QED) is 0.795. The van der Waals surface area contributed by atoms with Crippen LogP contribution in [-0.2, 0) is 10.2 Å². The summed E-state index contributed by atoms with van der Waals surface area (Å²) in [7, 11) is 0. The van der Waals surface area contributed by atoms with E-state index in [1.165, 1.54) is 0 Å². The van der Waals surface area contributed by atoms with Gasteiger partial charge in [-0.25, -0.2) is 0 Å². The fourth-order valence-corrected chi connectivity index (χ4v) is 1.71. The molecule has 0 fully saturated rings. The van der Waals surface area contributed by atoms with Gasteiger partial charge in [0.1, 0.15) is 5.41 Å². The highest BCUT2D eigenvalue weighted by atomic mass is 16.4. The Morgan fingerprint density at radius 2 is 2.27 bits per heavy atom. The Morgan fingerprint density at radius 3 is 2.80 bits per heavy atom. The van der Waals surface area contributed by atoms with Crippen LogP contribution in [0.3, 0.4) is 0 Å². The molecule has 15 heavy (non-hydrogen) atoms. The van der Waals surface area contributed by atoms with Gasteiger partial charge in [-0.15, -0.1) is 0 Å². The maximum absolute atomic E-state index is 11.4. The average molecular weight is 201 g/mol. The molecule has 0 radical (unpaired) electrons. The first kappa shape index (κ1) is 9.65. The van der Waals surface area contributed by atoms with E-state index in [1.54, 1.807) is 36.5 Å². The number of aliphatic carboxylic acids is 1. The number of hydrogen-bond acceptors (Lipinski definition) is 2. The predicted molar refractivity (Wildman–Crippen MR) is 56.4 cm³/mol. The van der Waals surface area contributed by atoms with Crippen LogP contribution in [0.5, 0.6) is 0 Å². The van der Waals surface area contributed by atoms with E-state index in [4.69, 9.17) is 0 Å². The second-order valence-corrected chi connectivity index (χ2v) is 3.48. The zero-order valence-electron chi connectivity index (χ0n) is 8.13. The van der Waals surface area contributed by atoms with Gasteiger partial charge in [0.25, 0.3) is 0 Å². The topological polar surface area (TPSA) is 50.2 Å². The molecule has 0 aliphatic heterocycles. The van der Waals surface area contributed by atoms with Gasteiger partial charge in [0, 0.05) is 6.20 Å². The summed E-state index contributed by atoms with van der Waals surface area (Å²) in [5.74, 6) is -0.859. The van der Waals surface area contributed by atoms with Gasteiger partial charge in [0.05, 0.1) is 5.69 Å². The monoisotopic (exact) mass is 201 g/mol. The molecule has 1 N–H and O–H groups in total. The third kappa shape index (κ3) is 1.56. The molecule has 1 atom stereocenters. The number of rotatable bonds is 2. The Hall–Kier alpha value is -1.90. The second kappa shape index (κ2) is 3.69. The summed E-state index contributed by atoms with van der Waals surface area (Å²) < 4.78 is 0. The van der Waals surface area contributed by atoms with E-state index >= 15 is 0 Å². The van der Waals surface area contributed by atoms with E-state index in [-0.39, 0.29) is 0 Å². The number of carboxylic acids is 1. The summed E-state index contributed by atoms with van der Waals surface area (Å²) in [5, 5.41) is 9.32. The van der Waals surface area contributed by atoms with Gasteiger partial charge in [0.15, 0.2) is 0 Å². The third-order valence-electron chi connectivity index (χ3n) is 2.57. The molecular formula is C12H11NO2. The van der Waals surface area contributed by atoms with Gasteiger partial charge >= 0.3 is 5.97 Å². The zero-order chi connectivity index (χ0) is 10.7. The van der Waals surface area contributed by atoms with Crippen LogP contribution in [0.1, 0.15) is 12.1 Å². The number of nitrogens with zero attached hydrogens (tertiary/aromatic N) is 1. The van der Waals surface area contributed by atoms with Crippen LogP contribution in [0.15, 0.2) is 48.7 Å². The zero-order valence-corrected chi connectivity index (χ0v) is 8.13. The van der Waals surface area contributed by atoms with E-state index in [9.17, 15) is 9.90 Å². The Balaban J connectivity index is 2.49. The van der Waals surface area contributed by atoms with Gasteiger partial charge in [-0.05, 0) is 18.6 Å². The SMILES string of the molecule is O=C(O)C1(c2ccccn2)C=CC=CC1. The maximum Gasteiger partial charge on any atom is 0.319 e. The molecule has 0 bridgehead atoms. The Morgan fingerprint density at radius 1 is 1.40 bits per heavy atom. The third-order valence-corrected chi connectivity index (χ3v) is 2.57. The lowest BCUT2D eigenvalue weighted by Gasteiger charge is -2.25. The van der Waals surface area contributed by atoms with Crippen molar-refractivity contribution in [3.8, 4) is 0 Å². The summed E-state index contributed by atoms with van der Waals surface area (Å²) in [6.45, 7) is 0. The molecule has 2 rings (SSSR count). The molecule has 0 amide bonds. The lowest BCUT2D eigenvalue weighted by molar-refractivity contribution is -0.142. The number of pyridine rings is 1. The van der Waals surface area contributed by atoms with Crippen molar-refractivity contribution in [1.82, 2.24) is 4.98 Å². The largest absolute Gasteiger partial charge is 0.480 e. The minimum absolute atomic E-state index is 0.454. The molecule has 1 aliphatic carbocycles. The Bertz CT molecular complexity index is 423. The summed E-state index contributed by atoms with van der Waals surface area (Å²) >= 11 is 0. The van der Waals surface area contributed by atoms with E-state index < -0.39 is 11.4 Å². The number of aromatic nitrogens is 1. The summed E-state index contributed by atoms with van der Waals surface area (Å²) in [6.07, 6.45) is 9.22. The van der Waals surface area contributed by atoms with Gasteiger partial charge in [-0.2, -0.15) is 0 Å². The van der Waals surface area contributed by atoms with Crippen molar-refractivity contribution < 1.29 is 9.90 Å². The van der Waals surface area contributed by atoms with Crippen LogP contribution in [0, 0.1) is 0 Å². The van der Waals surface area contributed by atoms with Crippen molar-refractivity contribution in [3.63, 3.8) is 0 Å². The molecule has 0 saturated heterocycles. The minimum Gasteiger partial charge on any atom is -0.480 e. The molecule has 0 aromatic carbocycles. The standard InChI is InChI=1S/C12H11NO2/c14-11(15)12(7-3-1-4-8-12)10-6-2-5-9-13-10/h1-7,9H,8H2,(H,14,15). The van der Waals surface area contributed by atoms with Crippen molar-refractivity contribution in [2.24, 2.45) is 0 Å². The molecule has 0 spiro atoms. The highest BCUT2D eigenvalue weighted by molar-refractivity contribution is 5.84. The Kier molecular flexibility index (Phi) is 2.37. The smallest absolute Gasteiger partial charge is 0.319 e. The van der Waals surface area contributed by atoms with Gasteiger partial charge in [-0.3, -0.25) is 9.78 Å². The van der Waals surface area contributed by atoms with Crippen LogP contribution in [0.4, 0.5) is 0 Å². The van der Waals surface area contributed by atoms with Crippen molar-refractivity contribution in [2.75, 3.05) is 0 Å². The van der Waals surface area contributed by atoms with Crippen LogP contribution >= 0.6 is 0 Å². The van der Waals surface area contributed by atoms with E-state index in [2.05, 4.69) is 4.98 Å². The van der Waals surface area contributed by atoms with Crippen LogP contribution < -0.4 is 0 Å². The molecule has 1 aromatic heterocycles. The van der Waals surface area contributed by atoms with E-state index in [0.717, 1.165) is 0 Å². The number of carbonyl (C=O) groups is 1. The van der Waals surface area contributed by atoms with E-state index in [1.807, 2.05) is 12.2 Å². The molecule has 1 aromatic rings. The fourth-order valence-electron chi connectivity index (χ4n) is 1.71. The van der Waals surface area contributed by atoms with Gasteiger partial charge in [0.2, 0.25) is 0 Å². The summed E-state index contributed by atoms with van der Waals surface area (Å²) in [5.41, 5.74) is -0.408. The van der Waals surface area contributed by atoms with Crippen molar-refractivity contribution >= 4 is 5.97 Å². The van der Waals surface area contributed by atoms with Crippen LogP contribution in [0.2, 0.25) is 0 Å². The number of allylic oxidation sites excluding steroid dienone is 3. The van der Waals surface area contributed by atoms with E-state index in [0.29, 0.717) is 12.1 Å². The highest BCUT2D eigenvalue weighted by Crippen LogP contribution is 2.31. The first-order valence-corrected chi connectivity index (χ1v) is 4.75. The predicted octanol–water partition coefficient (Wildman–Crippen LogP) is 1.92. The van der Waals surface area contributed by atoms with Crippen molar-refractivity contribution in [1.29, 1.82) is 0 Å². The van der Waals surface area contributed by atoms with Gasteiger partial charge < -0.3 is 5.11 Å². The molecule has 1 heterocycles. The minimum atomic E-state index is -0.990. The number of hydrogen-bond donors (Lipinski definition) is 1. The van der Waals surface area contributed by atoms with Crippen molar-refractivity contribution in [2.45, 2.75) is 11.8 Å². The molecule has 3 nitrogen and oxygen atoms in total.